The number of hydrogen-bond acceptors (Lipinski definition) is 3. The third-order valence-corrected chi connectivity index (χ3v) is 5.24. The van der Waals surface area contributed by atoms with Crippen LogP contribution in [0.2, 0.25) is 0 Å². The molecule has 0 aliphatic carbocycles. The van der Waals surface area contributed by atoms with Crippen LogP contribution >= 0.6 is 0 Å². The average Bonchev–Trinajstić information content (AvgIpc) is 2.70. The molecule has 1 aliphatic rings. The Kier molecular flexibility index (Phi) is 6.35. The van der Waals surface area contributed by atoms with E-state index in [1.54, 1.807) is 19.2 Å². The van der Waals surface area contributed by atoms with Crippen LogP contribution in [0.5, 0.6) is 0 Å². The Balaban J connectivity index is 1.88. The Morgan fingerprint density at radius 3 is 2.38 bits per heavy atom. The molecule has 0 radical (unpaired) electrons. The van der Waals surface area contributed by atoms with E-state index in [1.165, 1.54) is 11.0 Å². The van der Waals surface area contributed by atoms with Crippen molar-refractivity contribution in [3.63, 3.8) is 0 Å². The average molecular weight is 405 g/mol. The molecule has 0 unspecified atom stereocenters. The molecule has 156 valence electrons. The van der Waals surface area contributed by atoms with Crippen LogP contribution in [0.25, 0.3) is 0 Å². The molecule has 0 saturated carbocycles. The van der Waals surface area contributed by atoms with Crippen molar-refractivity contribution < 1.29 is 18.0 Å². The number of halogens is 3. The molecular weight excluding hydrogens is 379 g/mol. The molecule has 3 rings (SSSR count). The van der Waals surface area contributed by atoms with Gasteiger partial charge in [0.2, 0.25) is 6.41 Å². The zero-order valence-corrected chi connectivity index (χ0v) is 16.7. The molecule has 1 saturated heterocycles. The molecular formula is C22H26F3N3O. The molecule has 1 amide bonds. The minimum Gasteiger partial charge on any atom is -0.371 e. The number of hydrogen-bond donors (Lipinski definition) is 1. The first-order valence-electron chi connectivity index (χ1n) is 9.76. The second-order valence-electron chi connectivity index (χ2n) is 7.56. The van der Waals surface area contributed by atoms with E-state index in [1.807, 2.05) is 30.0 Å². The van der Waals surface area contributed by atoms with E-state index in [4.69, 9.17) is 0 Å². The van der Waals surface area contributed by atoms with Gasteiger partial charge in [-0.25, -0.2) is 0 Å². The molecule has 1 aliphatic heterocycles. The molecule has 0 bridgehead atoms. The van der Waals surface area contributed by atoms with Gasteiger partial charge in [0.25, 0.3) is 0 Å². The number of anilines is 3. The topological polar surface area (TPSA) is 35.6 Å². The summed E-state index contributed by atoms with van der Waals surface area (Å²) in [6.45, 7) is 3.68. The molecule has 7 heteroatoms. The first kappa shape index (κ1) is 21.0. The number of alkyl halides is 3. The standard InChI is InChI=1S/C22H26F3N3O/c1-16-6-7-18(12-17(16)14-27(2)15-29)26-19-8-9-21(20(13-19)22(23,24)25)28-10-4-3-5-11-28/h6-9,12-13,15,26H,3-5,10-11,14H2,1-2H3. The highest BCUT2D eigenvalue weighted by atomic mass is 19.4. The summed E-state index contributed by atoms with van der Waals surface area (Å²) in [5.41, 5.74) is 2.66. The second kappa shape index (κ2) is 8.76. The third-order valence-electron chi connectivity index (χ3n) is 5.24. The maximum Gasteiger partial charge on any atom is 0.418 e. The smallest absolute Gasteiger partial charge is 0.371 e. The van der Waals surface area contributed by atoms with E-state index >= 15 is 0 Å². The summed E-state index contributed by atoms with van der Waals surface area (Å²) in [6.07, 6.45) is -0.784. The van der Waals surface area contributed by atoms with Crippen LogP contribution in [-0.4, -0.2) is 31.4 Å². The van der Waals surface area contributed by atoms with Crippen LogP contribution < -0.4 is 10.2 Å². The zero-order chi connectivity index (χ0) is 21.0. The maximum absolute atomic E-state index is 13.7. The fraction of sp³-hybridized carbons (Fsp3) is 0.409. The minimum atomic E-state index is -4.42. The summed E-state index contributed by atoms with van der Waals surface area (Å²) in [7, 11) is 1.68. The number of nitrogens with one attached hydrogen (secondary N) is 1. The highest BCUT2D eigenvalue weighted by Gasteiger charge is 2.35. The number of rotatable bonds is 6. The quantitative estimate of drug-likeness (QED) is 0.660. The maximum atomic E-state index is 13.7. The Labute approximate surface area is 169 Å². The fourth-order valence-corrected chi connectivity index (χ4v) is 3.64. The van der Waals surface area contributed by atoms with Gasteiger partial charge < -0.3 is 15.1 Å². The molecule has 0 atom stereocenters. The number of aryl methyl sites for hydroxylation is 1. The predicted octanol–water partition coefficient (Wildman–Crippen LogP) is 5.34. The van der Waals surface area contributed by atoms with Crippen LogP contribution in [-0.2, 0) is 17.5 Å². The monoisotopic (exact) mass is 405 g/mol. The van der Waals surface area contributed by atoms with Crippen molar-refractivity contribution in [1.82, 2.24) is 4.90 Å². The molecule has 2 aromatic carbocycles. The Bertz CT molecular complexity index is 861. The van der Waals surface area contributed by atoms with Crippen LogP contribution in [0, 0.1) is 6.92 Å². The van der Waals surface area contributed by atoms with E-state index < -0.39 is 11.7 Å². The van der Waals surface area contributed by atoms with Crippen molar-refractivity contribution in [3.05, 3.63) is 53.1 Å². The highest BCUT2D eigenvalue weighted by molar-refractivity contribution is 5.67. The summed E-state index contributed by atoms with van der Waals surface area (Å²) in [5, 5.41) is 3.08. The zero-order valence-electron chi connectivity index (χ0n) is 16.7. The van der Waals surface area contributed by atoms with Crippen LogP contribution in [0.3, 0.4) is 0 Å². The van der Waals surface area contributed by atoms with Crippen molar-refractivity contribution >= 4 is 23.5 Å². The van der Waals surface area contributed by atoms with Gasteiger partial charge in [0, 0.05) is 43.7 Å². The number of piperidine rings is 1. The van der Waals surface area contributed by atoms with E-state index in [9.17, 15) is 18.0 Å². The fourth-order valence-electron chi connectivity index (χ4n) is 3.64. The van der Waals surface area contributed by atoms with Crippen molar-refractivity contribution in [2.24, 2.45) is 0 Å². The molecule has 29 heavy (non-hydrogen) atoms. The van der Waals surface area contributed by atoms with Gasteiger partial charge in [-0.3, -0.25) is 4.79 Å². The van der Waals surface area contributed by atoms with Crippen LogP contribution in [0.4, 0.5) is 30.2 Å². The predicted molar refractivity (Wildman–Crippen MR) is 110 cm³/mol. The number of amides is 1. The third kappa shape index (κ3) is 5.22. The second-order valence-corrected chi connectivity index (χ2v) is 7.56. The molecule has 1 heterocycles. The number of carbonyl (C=O) groups is 1. The van der Waals surface area contributed by atoms with Gasteiger partial charge in [-0.05, 0) is 67.6 Å². The summed E-state index contributed by atoms with van der Waals surface area (Å²) in [5.74, 6) is 0. The lowest BCUT2D eigenvalue weighted by atomic mass is 10.1. The van der Waals surface area contributed by atoms with Crippen molar-refractivity contribution in [1.29, 1.82) is 0 Å². The van der Waals surface area contributed by atoms with E-state index in [0.29, 0.717) is 31.0 Å². The van der Waals surface area contributed by atoms with Crippen LogP contribution in [0.15, 0.2) is 36.4 Å². The summed E-state index contributed by atoms with van der Waals surface area (Å²) < 4.78 is 41.2. The largest absolute Gasteiger partial charge is 0.418 e. The molecule has 1 fully saturated rings. The van der Waals surface area contributed by atoms with Gasteiger partial charge in [-0.15, -0.1) is 0 Å². The van der Waals surface area contributed by atoms with Gasteiger partial charge in [-0.2, -0.15) is 13.2 Å². The van der Waals surface area contributed by atoms with Gasteiger partial charge in [0.15, 0.2) is 0 Å². The lowest BCUT2D eigenvalue weighted by Crippen LogP contribution is -2.31. The van der Waals surface area contributed by atoms with Gasteiger partial charge in [-0.1, -0.05) is 6.07 Å². The lowest BCUT2D eigenvalue weighted by Gasteiger charge is -2.31. The van der Waals surface area contributed by atoms with E-state index in [2.05, 4.69) is 5.32 Å². The van der Waals surface area contributed by atoms with Gasteiger partial charge in [0.1, 0.15) is 0 Å². The Hall–Kier alpha value is -2.70. The summed E-state index contributed by atoms with van der Waals surface area (Å²) >= 11 is 0. The normalized spacial score (nSPS) is 14.6. The van der Waals surface area contributed by atoms with E-state index in [-0.39, 0.29) is 5.69 Å². The molecule has 1 N–H and O–H groups in total. The van der Waals surface area contributed by atoms with Crippen molar-refractivity contribution in [3.8, 4) is 0 Å². The molecule has 4 nitrogen and oxygen atoms in total. The Morgan fingerprint density at radius 2 is 1.72 bits per heavy atom. The molecule has 0 aromatic heterocycles. The van der Waals surface area contributed by atoms with Gasteiger partial charge >= 0.3 is 6.18 Å². The first-order valence-corrected chi connectivity index (χ1v) is 9.76. The van der Waals surface area contributed by atoms with Crippen molar-refractivity contribution in [2.75, 3.05) is 30.4 Å². The number of nitrogens with zero attached hydrogens (tertiary/aromatic N) is 2. The van der Waals surface area contributed by atoms with Crippen LogP contribution in [0.1, 0.15) is 36.0 Å². The minimum absolute atomic E-state index is 0.250. The summed E-state index contributed by atoms with van der Waals surface area (Å²) in [4.78, 5) is 14.2. The molecule has 2 aromatic rings. The number of benzene rings is 2. The Morgan fingerprint density at radius 1 is 1.07 bits per heavy atom. The number of carbonyl (C=O) groups excluding carboxylic acids is 1. The first-order chi connectivity index (χ1) is 13.8. The lowest BCUT2D eigenvalue weighted by molar-refractivity contribution is -0.137. The van der Waals surface area contributed by atoms with Crippen molar-refractivity contribution in [2.45, 2.75) is 38.9 Å². The van der Waals surface area contributed by atoms with Gasteiger partial charge in [0.05, 0.1) is 5.56 Å². The highest BCUT2D eigenvalue weighted by Crippen LogP contribution is 2.39. The SMILES string of the molecule is Cc1ccc(Nc2ccc(N3CCCCC3)c(C(F)(F)F)c2)cc1CN(C)C=O. The van der Waals surface area contributed by atoms with E-state index in [0.717, 1.165) is 36.8 Å². The molecule has 0 spiro atoms. The summed E-state index contributed by atoms with van der Waals surface area (Å²) in [6, 6.07) is 10.0.